The first-order chi connectivity index (χ1) is 18.7. The first-order valence-electron chi connectivity index (χ1n) is 12.3. The summed E-state index contributed by atoms with van der Waals surface area (Å²) in [5.41, 5.74) is 2.73. The number of benzene rings is 2. The molecule has 0 fully saturated rings. The summed E-state index contributed by atoms with van der Waals surface area (Å²) in [6, 6.07) is 16.8. The van der Waals surface area contributed by atoms with Gasteiger partial charge in [-0.15, -0.1) is 13.2 Å². The molecule has 39 heavy (non-hydrogen) atoms. The molecule has 2 amide bonds. The molecule has 5 rings (SSSR count). The van der Waals surface area contributed by atoms with E-state index in [1.165, 1.54) is 4.90 Å². The number of hydrogen-bond donors (Lipinski definition) is 2. The quantitative estimate of drug-likeness (QED) is 0.376. The number of rotatable bonds is 7. The Morgan fingerprint density at radius 1 is 1.08 bits per heavy atom. The van der Waals surface area contributed by atoms with Gasteiger partial charge in [0.15, 0.2) is 0 Å². The standard InChI is InChI=1S/C27H26F3N7O2/c1-3-35-25-20(16-32-37(25)19-10-5-4-6-11-19)22(18-9-7-8-17(14-18)15-31-2)23(26(35)39)33-24(38)21-12-13-36(34-21)27(28,29)30/h4-14,16,22-23,31H,3,15H2,1-2H3,(H,33,38)/t22-,23+/m1/s1. The van der Waals surface area contributed by atoms with E-state index >= 15 is 0 Å². The van der Waals surface area contributed by atoms with Crippen LogP contribution in [0.3, 0.4) is 0 Å². The van der Waals surface area contributed by atoms with Gasteiger partial charge < -0.3 is 10.6 Å². The minimum absolute atomic E-state index is 0.246. The Bertz CT molecular complexity index is 1500. The number of alkyl halides is 3. The number of hydrogen-bond acceptors (Lipinski definition) is 5. The second kappa shape index (κ2) is 10.4. The van der Waals surface area contributed by atoms with E-state index in [9.17, 15) is 22.8 Å². The van der Waals surface area contributed by atoms with Gasteiger partial charge >= 0.3 is 6.30 Å². The molecule has 0 bridgehead atoms. The van der Waals surface area contributed by atoms with Gasteiger partial charge in [-0.1, -0.05) is 42.5 Å². The van der Waals surface area contributed by atoms with Gasteiger partial charge in [-0.25, -0.2) is 4.68 Å². The highest BCUT2D eigenvalue weighted by molar-refractivity contribution is 6.04. The third kappa shape index (κ3) is 4.90. The minimum atomic E-state index is -4.77. The summed E-state index contributed by atoms with van der Waals surface area (Å²) in [6.07, 6.45) is -2.43. The van der Waals surface area contributed by atoms with Crippen molar-refractivity contribution < 1.29 is 22.8 Å². The fourth-order valence-corrected chi connectivity index (χ4v) is 4.92. The molecule has 0 unspecified atom stereocenters. The van der Waals surface area contributed by atoms with E-state index in [1.807, 2.05) is 68.6 Å². The predicted octanol–water partition coefficient (Wildman–Crippen LogP) is 3.56. The molecule has 1 aliphatic rings. The number of fused-ring (bicyclic) bond motifs is 1. The second-order valence-corrected chi connectivity index (χ2v) is 9.07. The molecule has 0 saturated heterocycles. The molecule has 0 aliphatic carbocycles. The molecule has 3 heterocycles. The van der Waals surface area contributed by atoms with Crippen LogP contribution in [0.1, 0.15) is 40.0 Å². The van der Waals surface area contributed by atoms with Crippen LogP contribution in [0, 0.1) is 0 Å². The molecule has 1 aliphatic heterocycles. The number of likely N-dealkylation sites (N-methyl/N-ethyl adjacent to an activating group) is 1. The lowest BCUT2D eigenvalue weighted by atomic mass is 9.82. The maximum atomic E-state index is 14.0. The van der Waals surface area contributed by atoms with Crippen molar-refractivity contribution >= 4 is 17.6 Å². The monoisotopic (exact) mass is 537 g/mol. The zero-order chi connectivity index (χ0) is 27.7. The van der Waals surface area contributed by atoms with Crippen LogP contribution in [-0.2, 0) is 17.6 Å². The van der Waals surface area contributed by atoms with Gasteiger partial charge in [0.1, 0.15) is 17.6 Å². The summed E-state index contributed by atoms with van der Waals surface area (Å²) in [5.74, 6) is -1.37. The Morgan fingerprint density at radius 2 is 1.85 bits per heavy atom. The van der Waals surface area contributed by atoms with E-state index in [-0.39, 0.29) is 11.2 Å². The van der Waals surface area contributed by atoms with Crippen LogP contribution in [0.15, 0.2) is 73.1 Å². The Balaban J connectivity index is 1.62. The number of anilines is 1. The number of amides is 2. The third-order valence-corrected chi connectivity index (χ3v) is 6.60. The average Bonchev–Trinajstić information content (AvgIpc) is 3.59. The van der Waals surface area contributed by atoms with Gasteiger partial charge in [0.25, 0.3) is 11.8 Å². The molecule has 2 aromatic heterocycles. The van der Waals surface area contributed by atoms with E-state index in [0.29, 0.717) is 24.1 Å². The predicted molar refractivity (Wildman–Crippen MR) is 137 cm³/mol. The zero-order valence-corrected chi connectivity index (χ0v) is 21.2. The van der Waals surface area contributed by atoms with Crippen molar-refractivity contribution in [3.8, 4) is 5.69 Å². The SMILES string of the molecule is CCN1C(=O)[C@@H](NC(=O)c2ccn(C(F)(F)F)n2)[C@H](c2cccc(CNC)c2)c2cnn(-c3ccccc3)c21. The summed E-state index contributed by atoms with van der Waals surface area (Å²) in [7, 11) is 1.82. The summed E-state index contributed by atoms with van der Waals surface area (Å²) >= 11 is 0. The molecule has 202 valence electrons. The van der Waals surface area contributed by atoms with Crippen molar-refractivity contribution in [3.05, 3.63) is 95.4 Å². The molecule has 4 aromatic rings. The lowest BCUT2D eigenvalue weighted by molar-refractivity contribution is -0.212. The highest BCUT2D eigenvalue weighted by atomic mass is 19.4. The Morgan fingerprint density at radius 3 is 2.51 bits per heavy atom. The molecule has 0 spiro atoms. The van der Waals surface area contributed by atoms with Crippen LogP contribution in [0.2, 0.25) is 0 Å². The van der Waals surface area contributed by atoms with Gasteiger partial charge in [-0.3, -0.25) is 14.5 Å². The van der Waals surface area contributed by atoms with E-state index in [4.69, 9.17) is 0 Å². The van der Waals surface area contributed by atoms with Crippen molar-refractivity contribution in [2.24, 2.45) is 0 Å². The number of carbonyl (C=O) groups is 2. The van der Waals surface area contributed by atoms with E-state index in [0.717, 1.165) is 22.9 Å². The Kier molecular flexibility index (Phi) is 6.96. The van der Waals surface area contributed by atoms with Crippen LogP contribution in [0.25, 0.3) is 5.69 Å². The topological polar surface area (TPSA) is 97.1 Å². The van der Waals surface area contributed by atoms with Gasteiger partial charge in [-0.2, -0.15) is 14.9 Å². The molecule has 2 N–H and O–H groups in total. The van der Waals surface area contributed by atoms with Crippen LogP contribution < -0.4 is 15.5 Å². The number of nitrogens with one attached hydrogen (secondary N) is 2. The summed E-state index contributed by atoms with van der Waals surface area (Å²) in [4.78, 5) is 28.6. The first kappa shape index (κ1) is 26.2. The van der Waals surface area contributed by atoms with Crippen LogP contribution in [0.5, 0.6) is 0 Å². The third-order valence-electron chi connectivity index (χ3n) is 6.60. The largest absolute Gasteiger partial charge is 0.504 e. The zero-order valence-electron chi connectivity index (χ0n) is 21.2. The molecule has 2 atom stereocenters. The molecule has 2 aromatic carbocycles. The molecule has 12 heteroatoms. The van der Waals surface area contributed by atoms with Gasteiger partial charge in [0.05, 0.1) is 11.9 Å². The van der Waals surface area contributed by atoms with Crippen LogP contribution in [0.4, 0.5) is 19.0 Å². The van der Waals surface area contributed by atoms with E-state index in [1.54, 1.807) is 10.9 Å². The number of para-hydroxylation sites is 1. The van der Waals surface area contributed by atoms with E-state index < -0.39 is 35.8 Å². The second-order valence-electron chi connectivity index (χ2n) is 9.07. The molecule has 9 nitrogen and oxygen atoms in total. The van der Waals surface area contributed by atoms with Crippen molar-refractivity contribution in [3.63, 3.8) is 0 Å². The number of nitrogens with zero attached hydrogens (tertiary/aromatic N) is 5. The Hall–Kier alpha value is -4.45. The van der Waals surface area contributed by atoms with E-state index in [2.05, 4.69) is 20.8 Å². The number of aromatic nitrogens is 4. The maximum Gasteiger partial charge on any atom is 0.504 e. The van der Waals surface area contributed by atoms with Crippen molar-refractivity contribution in [2.45, 2.75) is 31.7 Å². The van der Waals surface area contributed by atoms with Crippen LogP contribution >= 0.6 is 0 Å². The summed E-state index contributed by atoms with van der Waals surface area (Å²) < 4.78 is 40.6. The lowest BCUT2D eigenvalue weighted by Crippen LogP contribution is -2.55. The lowest BCUT2D eigenvalue weighted by Gasteiger charge is -2.38. The minimum Gasteiger partial charge on any atom is -0.338 e. The number of carbonyl (C=O) groups excluding carboxylic acids is 2. The van der Waals surface area contributed by atoms with Gasteiger partial charge in [-0.05, 0) is 43.3 Å². The molecular formula is C27H26F3N7O2. The van der Waals surface area contributed by atoms with Crippen molar-refractivity contribution in [1.29, 1.82) is 0 Å². The number of halogens is 3. The summed E-state index contributed by atoms with van der Waals surface area (Å²) in [5, 5.41) is 13.7. The average molecular weight is 538 g/mol. The van der Waals surface area contributed by atoms with Crippen molar-refractivity contribution in [1.82, 2.24) is 30.2 Å². The summed E-state index contributed by atoms with van der Waals surface area (Å²) in [6.45, 7) is 2.67. The fourth-order valence-electron chi connectivity index (χ4n) is 4.92. The van der Waals surface area contributed by atoms with Gasteiger partial charge in [0.2, 0.25) is 0 Å². The smallest absolute Gasteiger partial charge is 0.338 e. The molecule has 0 saturated carbocycles. The Labute approximate surface area is 222 Å². The fraction of sp³-hybridized carbons (Fsp3) is 0.259. The highest BCUT2D eigenvalue weighted by Crippen LogP contribution is 2.41. The maximum absolute atomic E-state index is 14.0. The van der Waals surface area contributed by atoms with Gasteiger partial charge in [0, 0.05) is 30.8 Å². The molecule has 0 radical (unpaired) electrons. The highest BCUT2D eigenvalue weighted by Gasteiger charge is 2.44. The van der Waals surface area contributed by atoms with Crippen molar-refractivity contribution in [2.75, 3.05) is 18.5 Å². The normalized spacial score (nSPS) is 17.3. The van der Waals surface area contributed by atoms with Crippen LogP contribution in [-0.4, -0.2) is 51.0 Å². The molecular weight excluding hydrogens is 511 g/mol. The first-order valence-corrected chi connectivity index (χ1v) is 12.3.